The Labute approximate surface area is 136 Å². The van der Waals surface area contributed by atoms with Gasteiger partial charge < -0.3 is 10.2 Å². The maximum atomic E-state index is 12.1. The van der Waals surface area contributed by atoms with Gasteiger partial charge in [-0.2, -0.15) is 0 Å². The van der Waals surface area contributed by atoms with Crippen LogP contribution in [0, 0.1) is 0 Å². The summed E-state index contributed by atoms with van der Waals surface area (Å²) in [5.74, 6) is -0.473. The lowest BCUT2D eigenvalue weighted by atomic mass is 10.2. The zero-order chi connectivity index (χ0) is 16.3. The number of aromatic nitrogens is 3. The number of likely N-dealkylation sites (N-methyl/N-ethyl adjacent to an activating group) is 1. The molecule has 2 aromatic heterocycles. The molecular weight excluding hydrogens is 326 g/mol. The van der Waals surface area contributed by atoms with E-state index in [4.69, 9.17) is 11.6 Å². The Hall–Kier alpha value is -1.93. The molecule has 0 fully saturated rings. The number of halogens is 1. The van der Waals surface area contributed by atoms with Crippen molar-refractivity contribution in [2.75, 3.05) is 14.1 Å². The van der Waals surface area contributed by atoms with Gasteiger partial charge >= 0.3 is 0 Å². The molecule has 1 atom stereocenters. The highest BCUT2D eigenvalue weighted by Gasteiger charge is 2.17. The van der Waals surface area contributed by atoms with Crippen LogP contribution < -0.4 is 5.32 Å². The molecule has 2 heterocycles. The molecule has 0 radical (unpaired) electrons. The molecule has 0 aliphatic heterocycles. The summed E-state index contributed by atoms with van der Waals surface area (Å²) < 4.78 is 2.01. The smallest absolute Gasteiger partial charge is 0.273 e. The lowest BCUT2D eigenvalue weighted by Crippen LogP contribution is -2.27. The van der Waals surface area contributed by atoms with Crippen molar-refractivity contribution in [2.45, 2.75) is 19.5 Å². The van der Waals surface area contributed by atoms with Gasteiger partial charge in [0.1, 0.15) is 6.54 Å². The number of carbonyl (C=O) groups excluding carboxylic acids is 2. The maximum Gasteiger partial charge on any atom is 0.273 e. The molecular formula is C13H16ClN5O2S. The van der Waals surface area contributed by atoms with Gasteiger partial charge in [-0.15, -0.1) is 16.4 Å². The van der Waals surface area contributed by atoms with Crippen LogP contribution in [-0.2, 0) is 11.3 Å². The topological polar surface area (TPSA) is 80.1 Å². The van der Waals surface area contributed by atoms with Gasteiger partial charge in [0.2, 0.25) is 5.91 Å². The average molecular weight is 342 g/mol. The molecule has 7 nitrogen and oxygen atoms in total. The molecule has 22 heavy (non-hydrogen) atoms. The van der Waals surface area contributed by atoms with Crippen LogP contribution in [-0.4, -0.2) is 45.8 Å². The van der Waals surface area contributed by atoms with Crippen molar-refractivity contribution in [3.05, 3.63) is 33.2 Å². The summed E-state index contributed by atoms with van der Waals surface area (Å²) in [5, 5.41) is 10.4. The first-order valence-corrected chi connectivity index (χ1v) is 7.72. The predicted molar refractivity (Wildman–Crippen MR) is 83.9 cm³/mol. The van der Waals surface area contributed by atoms with Crippen LogP contribution in [0.25, 0.3) is 0 Å². The van der Waals surface area contributed by atoms with Gasteiger partial charge in [0, 0.05) is 19.0 Å². The third-order valence-corrected chi connectivity index (χ3v) is 4.35. The molecule has 118 valence electrons. The van der Waals surface area contributed by atoms with Crippen LogP contribution >= 0.6 is 22.9 Å². The maximum absolute atomic E-state index is 12.1. The Morgan fingerprint density at radius 1 is 1.45 bits per heavy atom. The highest BCUT2D eigenvalue weighted by atomic mass is 35.5. The lowest BCUT2D eigenvalue weighted by Gasteiger charge is -2.10. The zero-order valence-corrected chi connectivity index (χ0v) is 14.0. The number of thiophene rings is 1. The van der Waals surface area contributed by atoms with Gasteiger partial charge in [-0.3, -0.25) is 9.59 Å². The highest BCUT2D eigenvalue weighted by Crippen LogP contribution is 2.26. The van der Waals surface area contributed by atoms with Crippen molar-refractivity contribution in [1.29, 1.82) is 0 Å². The molecule has 2 rings (SSSR count). The fraction of sp³-hybridized carbons (Fsp3) is 0.385. The number of nitrogens with one attached hydrogen (secondary N) is 1. The summed E-state index contributed by atoms with van der Waals surface area (Å²) in [6.45, 7) is 1.91. The predicted octanol–water partition coefficient (Wildman–Crippen LogP) is 1.57. The molecule has 0 saturated carbocycles. The van der Waals surface area contributed by atoms with E-state index in [0.717, 1.165) is 4.88 Å². The summed E-state index contributed by atoms with van der Waals surface area (Å²) in [5.41, 5.74) is 0.168. The molecule has 0 aromatic carbocycles. The summed E-state index contributed by atoms with van der Waals surface area (Å²) in [6, 6.07) is 3.47. The van der Waals surface area contributed by atoms with Gasteiger partial charge in [-0.05, 0) is 19.1 Å². The lowest BCUT2D eigenvalue weighted by molar-refractivity contribution is -0.129. The molecule has 0 aliphatic carbocycles. The number of hydrogen-bond donors (Lipinski definition) is 1. The minimum Gasteiger partial charge on any atom is -0.347 e. The zero-order valence-electron chi connectivity index (χ0n) is 12.4. The van der Waals surface area contributed by atoms with Crippen LogP contribution in [0.4, 0.5) is 0 Å². The molecule has 2 amide bonds. The Kier molecular flexibility index (Phi) is 5.15. The first-order chi connectivity index (χ1) is 10.4. The SMILES string of the molecule is C[C@@H](NC(=O)c1cn(CC(=O)N(C)C)nn1)c1ccc(Cl)s1. The largest absolute Gasteiger partial charge is 0.347 e. The minimum absolute atomic E-state index is 0.0450. The molecule has 2 aromatic rings. The quantitative estimate of drug-likeness (QED) is 0.895. The van der Waals surface area contributed by atoms with Crippen molar-refractivity contribution >= 4 is 34.8 Å². The number of amides is 2. The van der Waals surface area contributed by atoms with E-state index in [0.29, 0.717) is 4.34 Å². The second-order valence-corrected chi connectivity index (χ2v) is 6.67. The van der Waals surface area contributed by atoms with E-state index >= 15 is 0 Å². The Morgan fingerprint density at radius 3 is 2.77 bits per heavy atom. The second kappa shape index (κ2) is 6.89. The van der Waals surface area contributed by atoms with Crippen LogP contribution in [0.15, 0.2) is 18.3 Å². The summed E-state index contributed by atoms with van der Waals surface area (Å²) in [4.78, 5) is 26.1. The molecule has 1 N–H and O–H groups in total. The van der Waals surface area contributed by atoms with E-state index in [1.807, 2.05) is 13.0 Å². The third kappa shape index (κ3) is 4.05. The molecule has 0 spiro atoms. The molecule has 0 saturated heterocycles. The number of carbonyl (C=O) groups is 2. The van der Waals surface area contributed by atoms with Crippen molar-refractivity contribution in [1.82, 2.24) is 25.2 Å². The summed E-state index contributed by atoms with van der Waals surface area (Å²) >= 11 is 7.29. The summed E-state index contributed by atoms with van der Waals surface area (Å²) in [6.07, 6.45) is 1.45. The van der Waals surface area contributed by atoms with E-state index in [1.165, 1.54) is 27.1 Å². The Balaban J connectivity index is 1.98. The van der Waals surface area contributed by atoms with Gasteiger partial charge in [-0.25, -0.2) is 4.68 Å². The fourth-order valence-electron chi connectivity index (χ4n) is 1.66. The van der Waals surface area contributed by atoms with Gasteiger partial charge in [0.25, 0.3) is 5.91 Å². The first-order valence-electron chi connectivity index (χ1n) is 6.53. The van der Waals surface area contributed by atoms with Gasteiger partial charge in [0.05, 0.1) is 16.6 Å². The van der Waals surface area contributed by atoms with Crippen molar-refractivity contribution in [2.24, 2.45) is 0 Å². The second-order valence-electron chi connectivity index (χ2n) is 4.93. The first kappa shape index (κ1) is 16.4. The highest BCUT2D eigenvalue weighted by molar-refractivity contribution is 7.16. The van der Waals surface area contributed by atoms with Gasteiger partial charge in [-0.1, -0.05) is 16.8 Å². The third-order valence-electron chi connectivity index (χ3n) is 2.94. The van der Waals surface area contributed by atoms with Crippen molar-refractivity contribution < 1.29 is 9.59 Å². The van der Waals surface area contributed by atoms with Crippen LogP contribution in [0.3, 0.4) is 0 Å². The van der Waals surface area contributed by atoms with Crippen LogP contribution in [0.1, 0.15) is 28.3 Å². The number of rotatable bonds is 5. The Morgan fingerprint density at radius 2 is 2.18 bits per heavy atom. The van der Waals surface area contributed by atoms with E-state index in [9.17, 15) is 9.59 Å². The summed E-state index contributed by atoms with van der Waals surface area (Å²) in [7, 11) is 3.31. The van der Waals surface area contributed by atoms with Gasteiger partial charge in [0.15, 0.2) is 5.69 Å². The van der Waals surface area contributed by atoms with E-state index in [2.05, 4.69) is 15.6 Å². The van der Waals surface area contributed by atoms with E-state index in [1.54, 1.807) is 20.2 Å². The van der Waals surface area contributed by atoms with Crippen LogP contribution in [0.2, 0.25) is 4.34 Å². The Bertz CT molecular complexity index is 682. The van der Waals surface area contributed by atoms with Crippen molar-refractivity contribution in [3.8, 4) is 0 Å². The number of nitrogens with zero attached hydrogens (tertiary/aromatic N) is 4. The fourth-order valence-corrected chi connectivity index (χ4v) is 2.73. The van der Waals surface area contributed by atoms with Crippen molar-refractivity contribution in [3.63, 3.8) is 0 Å². The minimum atomic E-state index is -0.347. The van der Waals surface area contributed by atoms with E-state index in [-0.39, 0.29) is 30.1 Å². The normalized spacial score (nSPS) is 12.0. The molecule has 9 heteroatoms. The molecule has 0 aliphatic rings. The average Bonchev–Trinajstić information content (AvgIpc) is 3.07. The molecule has 0 bridgehead atoms. The standard InChI is InChI=1S/C13H16ClN5O2S/c1-8(10-4-5-11(14)22-10)15-13(21)9-6-19(17-16-9)7-12(20)18(2)3/h4-6,8H,7H2,1-3H3,(H,15,21)/t8-/m1/s1. The molecule has 0 unspecified atom stereocenters. The van der Waals surface area contributed by atoms with Crippen LogP contribution in [0.5, 0.6) is 0 Å². The van der Waals surface area contributed by atoms with E-state index < -0.39 is 0 Å². The monoisotopic (exact) mass is 341 g/mol. The number of hydrogen-bond acceptors (Lipinski definition) is 5.